The van der Waals surface area contributed by atoms with E-state index in [0.29, 0.717) is 37.4 Å². The van der Waals surface area contributed by atoms with Gasteiger partial charge < -0.3 is 10.2 Å². The molecule has 2 aliphatic rings. The summed E-state index contributed by atoms with van der Waals surface area (Å²) in [4.78, 5) is 26.6. The summed E-state index contributed by atoms with van der Waals surface area (Å²) in [5.41, 5.74) is 2.56. The highest BCUT2D eigenvalue weighted by atomic mass is 35.5. The minimum Gasteiger partial charge on any atom is -0.352 e. The van der Waals surface area contributed by atoms with E-state index in [1.54, 1.807) is 35.2 Å². The third-order valence-electron chi connectivity index (χ3n) is 6.38. The molecule has 0 aromatic heterocycles. The molecule has 1 fully saturated rings. The average molecular weight is 490 g/mol. The summed E-state index contributed by atoms with van der Waals surface area (Å²) < 4.78 is 28.1. The number of nitrogens with one attached hydrogen (secondary N) is 1. The van der Waals surface area contributed by atoms with Gasteiger partial charge in [-0.05, 0) is 67.6 Å². The Labute approximate surface area is 199 Å². The predicted molar refractivity (Wildman–Crippen MR) is 128 cm³/mol. The molecule has 2 aromatic carbocycles. The van der Waals surface area contributed by atoms with Gasteiger partial charge in [-0.25, -0.2) is 8.42 Å². The highest BCUT2D eigenvalue weighted by Crippen LogP contribution is 2.35. The number of rotatable bonds is 5. The van der Waals surface area contributed by atoms with Crippen molar-refractivity contribution in [2.75, 3.05) is 18.0 Å². The first-order chi connectivity index (χ1) is 15.7. The minimum atomic E-state index is -3.74. The van der Waals surface area contributed by atoms with Crippen LogP contribution in [0.15, 0.2) is 47.4 Å². The van der Waals surface area contributed by atoms with Gasteiger partial charge in [0, 0.05) is 43.3 Å². The summed E-state index contributed by atoms with van der Waals surface area (Å²) in [6, 6.07) is 12.2. The van der Waals surface area contributed by atoms with Crippen molar-refractivity contribution in [2.24, 2.45) is 5.92 Å². The maximum Gasteiger partial charge on any atom is 0.243 e. The Balaban J connectivity index is 1.45. The van der Waals surface area contributed by atoms with Crippen LogP contribution < -0.4 is 10.2 Å². The normalized spacial score (nSPS) is 21.0. The molecule has 2 aromatic rings. The van der Waals surface area contributed by atoms with E-state index in [1.807, 2.05) is 19.1 Å². The Kier molecular flexibility index (Phi) is 6.79. The maximum atomic E-state index is 13.4. The van der Waals surface area contributed by atoms with Crippen molar-refractivity contribution >= 4 is 39.1 Å². The number of nitrogens with zero attached hydrogens (tertiary/aromatic N) is 2. The van der Waals surface area contributed by atoms with Crippen molar-refractivity contribution < 1.29 is 18.0 Å². The highest BCUT2D eigenvalue weighted by molar-refractivity contribution is 7.89. The number of piperidine rings is 1. The Morgan fingerprint density at radius 1 is 1.15 bits per heavy atom. The highest BCUT2D eigenvalue weighted by Gasteiger charge is 2.35. The van der Waals surface area contributed by atoms with Gasteiger partial charge in [0.15, 0.2) is 0 Å². The van der Waals surface area contributed by atoms with E-state index in [9.17, 15) is 18.0 Å². The molecule has 4 rings (SSSR count). The lowest BCUT2D eigenvalue weighted by Gasteiger charge is -2.31. The summed E-state index contributed by atoms with van der Waals surface area (Å²) in [5.74, 6) is -0.603. The molecule has 0 aliphatic carbocycles. The van der Waals surface area contributed by atoms with Gasteiger partial charge in [-0.2, -0.15) is 4.31 Å². The lowest BCUT2D eigenvalue weighted by atomic mass is 9.99. The van der Waals surface area contributed by atoms with Crippen LogP contribution in [0.1, 0.15) is 37.8 Å². The van der Waals surface area contributed by atoms with Crippen molar-refractivity contribution in [1.29, 1.82) is 0 Å². The molecular formula is C24H28ClN3O4S. The van der Waals surface area contributed by atoms with E-state index < -0.39 is 15.9 Å². The zero-order chi connectivity index (χ0) is 23.8. The largest absolute Gasteiger partial charge is 0.352 e. The van der Waals surface area contributed by atoms with Crippen LogP contribution in [-0.2, 0) is 32.6 Å². The third-order valence-corrected chi connectivity index (χ3v) is 8.49. The average Bonchev–Trinajstić information content (AvgIpc) is 3.13. The van der Waals surface area contributed by atoms with Gasteiger partial charge in [0.2, 0.25) is 21.8 Å². The summed E-state index contributed by atoms with van der Waals surface area (Å²) in [5, 5.41) is 3.55. The van der Waals surface area contributed by atoms with E-state index >= 15 is 0 Å². The Morgan fingerprint density at radius 2 is 1.88 bits per heavy atom. The number of hydrogen-bond acceptors (Lipinski definition) is 4. The molecule has 176 valence electrons. The van der Waals surface area contributed by atoms with Crippen LogP contribution in [0.3, 0.4) is 0 Å². The van der Waals surface area contributed by atoms with Crippen molar-refractivity contribution in [3.05, 3.63) is 58.6 Å². The van der Waals surface area contributed by atoms with E-state index in [2.05, 4.69) is 5.32 Å². The first-order valence-electron chi connectivity index (χ1n) is 11.1. The molecule has 7 nitrogen and oxygen atoms in total. The molecule has 1 saturated heterocycles. The molecule has 2 aliphatic heterocycles. The monoisotopic (exact) mass is 489 g/mol. The molecule has 0 bridgehead atoms. The van der Waals surface area contributed by atoms with Crippen LogP contribution in [0, 0.1) is 5.92 Å². The zero-order valence-corrected chi connectivity index (χ0v) is 20.3. The van der Waals surface area contributed by atoms with Gasteiger partial charge in [0.1, 0.15) is 0 Å². The van der Waals surface area contributed by atoms with Crippen molar-refractivity contribution in [1.82, 2.24) is 9.62 Å². The summed E-state index contributed by atoms with van der Waals surface area (Å²) in [6.45, 7) is 4.38. The SMILES string of the molecule is CC(=O)N1c2ccc(S(=O)(=O)N3CCC[C@@H](C(=O)NCc4ccc(Cl)cc4)C3)cc2C[C@H]1C. The molecule has 0 unspecified atom stereocenters. The Morgan fingerprint density at radius 3 is 2.58 bits per heavy atom. The van der Waals surface area contributed by atoms with Gasteiger partial charge in [-0.15, -0.1) is 0 Å². The number of amides is 2. The summed E-state index contributed by atoms with van der Waals surface area (Å²) >= 11 is 5.90. The van der Waals surface area contributed by atoms with E-state index in [4.69, 9.17) is 11.6 Å². The minimum absolute atomic E-state index is 0.000780. The fourth-order valence-electron chi connectivity index (χ4n) is 4.71. The number of anilines is 1. The number of sulfonamides is 1. The zero-order valence-electron chi connectivity index (χ0n) is 18.8. The molecule has 2 heterocycles. The van der Waals surface area contributed by atoms with Gasteiger partial charge >= 0.3 is 0 Å². The quantitative estimate of drug-likeness (QED) is 0.697. The Hall–Kier alpha value is -2.42. The van der Waals surface area contributed by atoms with Gasteiger partial charge in [0.25, 0.3) is 0 Å². The second-order valence-electron chi connectivity index (χ2n) is 8.78. The molecule has 0 spiro atoms. The number of hydrogen-bond donors (Lipinski definition) is 1. The second-order valence-corrected chi connectivity index (χ2v) is 11.2. The van der Waals surface area contributed by atoms with Crippen LogP contribution >= 0.6 is 11.6 Å². The Bertz CT molecular complexity index is 1170. The molecule has 2 atom stereocenters. The van der Waals surface area contributed by atoms with Crippen LogP contribution in [0.2, 0.25) is 5.02 Å². The molecule has 33 heavy (non-hydrogen) atoms. The number of carbonyl (C=O) groups excluding carboxylic acids is 2. The third kappa shape index (κ3) is 4.93. The van der Waals surface area contributed by atoms with Gasteiger partial charge in [0.05, 0.1) is 10.8 Å². The first-order valence-corrected chi connectivity index (χ1v) is 12.9. The van der Waals surface area contributed by atoms with Crippen LogP contribution in [0.5, 0.6) is 0 Å². The van der Waals surface area contributed by atoms with E-state index in [-0.39, 0.29) is 29.3 Å². The van der Waals surface area contributed by atoms with Gasteiger partial charge in [-0.3, -0.25) is 9.59 Å². The summed E-state index contributed by atoms with van der Waals surface area (Å²) in [6.07, 6.45) is 1.89. The van der Waals surface area contributed by atoms with Gasteiger partial charge in [-0.1, -0.05) is 23.7 Å². The van der Waals surface area contributed by atoms with E-state index in [1.165, 1.54) is 11.2 Å². The molecule has 1 N–H and O–H groups in total. The van der Waals surface area contributed by atoms with Crippen LogP contribution in [0.25, 0.3) is 0 Å². The van der Waals surface area contributed by atoms with Crippen molar-refractivity contribution in [3.8, 4) is 0 Å². The molecule has 0 saturated carbocycles. The van der Waals surface area contributed by atoms with E-state index in [0.717, 1.165) is 16.8 Å². The molecule has 9 heteroatoms. The smallest absolute Gasteiger partial charge is 0.243 e. The number of benzene rings is 2. The topological polar surface area (TPSA) is 86.8 Å². The number of halogens is 1. The molecule has 2 amide bonds. The standard InChI is InChI=1S/C24H28ClN3O4S/c1-16-12-20-13-22(9-10-23(20)28(16)17(2)29)33(31,32)27-11-3-4-19(15-27)24(30)26-14-18-5-7-21(25)8-6-18/h5-10,13,16,19H,3-4,11-12,14-15H2,1-2H3,(H,26,30)/t16-,19-/m1/s1. The molecular weight excluding hydrogens is 462 g/mol. The predicted octanol–water partition coefficient (Wildman–Crippen LogP) is 3.35. The number of carbonyl (C=O) groups is 2. The van der Waals surface area contributed by atoms with Crippen LogP contribution in [0.4, 0.5) is 5.69 Å². The fraction of sp³-hybridized carbons (Fsp3) is 0.417. The lowest BCUT2D eigenvalue weighted by Crippen LogP contribution is -2.45. The van der Waals surface area contributed by atoms with Crippen molar-refractivity contribution in [3.63, 3.8) is 0 Å². The van der Waals surface area contributed by atoms with Crippen molar-refractivity contribution in [2.45, 2.75) is 50.6 Å². The molecule has 0 radical (unpaired) electrons. The maximum absolute atomic E-state index is 13.4. The lowest BCUT2D eigenvalue weighted by molar-refractivity contribution is -0.126. The van der Waals surface area contributed by atoms with Crippen LogP contribution in [-0.4, -0.2) is 43.7 Å². The first kappa shape index (κ1) is 23.7. The summed E-state index contributed by atoms with van der Waals surface area (Å²) in [7, 11) is -3.74. The fourth-order valence-corrected chi connectivity index (χ4v) is 6.41. The number of fused-ring (bicyclic) bond motifs is 1. The second kappa shape index (κ2) is 9.44.